The smallest absolute Gasteiger partial charge is 0.254 e. The quantitative estimate of drug-likeness (QED) is 0.712. The second kappa shape index (κ2) is 13.1. The zero-order chi connectivity index (χ0) is 24.5. The van der Waals surface area contributed by atoms with Crippen LogP contribution in [0, 0.1) is 5.92 Å². The minimum atomic E-state index is 0.0547. The van der Waals surface area contributed by atoms with Gasteiger partial charge in [0, 0.05) is 56.4 Å². The molecule has 0 saturated carbocycles. The molecule has 1 aromatic rings. The summed E-state index contributed by atoms with van der Waals surface area (Å²) in [5.74, 6) is 1.44. The first-order valence-electron chi connectivity index (χ1n) is 13.1. The van der Waals surface area contributed by atoms with E-state index >= 15 is 0 Å². The molecule has 0 aromatic heterocycles. The lowest BCUT2D eigenvalue weighted by Crippen LogP contribution is -2.50. The fourth-order valence-corrected chi connectivity index (χ4v) is 4.63. The van der Waals surface area contributed by atoms with Gasteiger partial charge in [0.15, 0.2) is 0 Å². The number of fused-ring (bicyclic) bond motifs is 1. The SMILES string of the molecule is CC(C)CCN1CC(=O)NCCCCCOc2cccc(C(=O)N3CCN(C(C)C)CC3)c2C1. The van der Waals surface area contributed by atoms with E-state index in [4.69, 9.17) is 4.74 Å². The average Bonchev–Trinajstić information content (AvgIpc) is 2.83. The third-order valence-corrected chi connectivity index (χ3v) is 6.87. The van der Waals surface area contributed by atoms with Crippen molar-refractivity contribution in [3.63, 3.8) is 0 Å². The summed E-state index contributed by atoms with van der Waals surface area (Å²) in [6, 6.07) is 6.33. The van der Waals surface area contributed by atoms with Crippen LogP contribution in [0.25, 0.3) is 0 Å². The summed E-state index contributed by atoms with van der Waals surface area (Å²) in [7, 11) is 0. The molecule has 1 N–H and O–H groups in total. The predicted octanol–water partition coefficient (Wildman–Crippen LogP) is 3.38. The molecule has 2 aliphatic rings. The van der Waals surface area contributed by atoms with E-state index < -0.39 is 0 Å². The number of amides is 2. The molecule has 34 heavy (non-hydrogen) atoms. The van der Waals surface area contributed by atoms with Crippen molar-refractivity contribution in [2.24, 2.45) is 5.92 Å². The zero-order valence-electron chi connectivity index (χ0n) is 21.6. The molecule has 1 saturated heterocycles. The van der Waals surface area contributed by atoms with Crippen LogP contribution < -0.4 is 10.1 Å². The molecule has 2 amide bonds. The molecule has 1 aromatic carbocycles. The van der Waals surface area contributed by atoms with Gasteiger partial charge in [-0.25, -0.2) is 0 Å². The summed E-state index contributed by atoms with van der Waals surface area (Å²) >= 11 is 0. The highest BCUT2D eigenvalue weighted by Crippen LogP contribution is 2.27. The van der Waals surface area contributed by atoms with Crippen LogP contribution in [0.3, 0.4) is 0 Å². The number of hydrogen-bond acceptors (Lipinski definition) is 5. The van der Waals surface area contributed by atoms with Gasteiger partial charge in [-0.2, -0.15) is 0 Å². The van der Waals surface area contributed by atoms with E-state index in [0.29, 0.717) is 43.8 Å². The number of nitrogens with zero attached hydrogens (tertiary/aromatic N) is 3. The largest absolute Gasteiger partial charge is 0.493 e. The van der Waals surface area contributed by atoms with E-state index in [9.17, 15) is 9.59 Å². The van der Waals surface area contributed by atoms with Crippen LogP contribution in [0.4, 0.5) is 0 Å². The van der Waals surface area contributed by atoms with E-state index in [1.165, 1.54) is 0 Å². The lowest BCUT2D eigenvalue weighted by molar-refractivity contribution is -0.122. The Morgan fingerprint density at radius 3 is 2.50 bits per heavy atom. The van der Waals surface area contributed by atoms with Gasteiger partial charge in [-0.05, 0) is 64.1 Å². The predicted molar refractivity (Wildman–Crippen MR) is 136 cm³/mol. The topological polar surface area (TPSA) is 65.1 Å². The fraction of sp³-hybridized carbons (Fsp3) is 0.704. The van der Waals surface area contributed by atoms with Crippen molar-refractivity contribution >= 4 is 11.8 Å². The molecule has 2 heterocycles. The number of ether oxygens (including phenoxy) is 1. The van der Waals surface area contributed by atoms with E-state index in [1.54, 1.807) is 0 Å². The van der Waals surface area contributed by atoms with E-state index in [1.807, 2.05) is 23.1 Å². The molecule has 0 unspecified atom stereocenters. The molecule has 7 nitrogen and oxygen atoms in total. The molecule has 7 heteroatoms. The van der Waals surface area contributed by atoms with Crippen molar-refractivity contribution in [1.29, 1.82) is 0 Å². The first-order valence-corrected chi connectivity index (χ1v) is 13.1. The summed E-state index contributed by atoms with van der Waals surface area (Å²) < 4.78 is 6.22. The fourth-order valence-electron chi connectivity index (χ4n) is 4.63. The van der Waals surface area contributed by atoms with Gasteiger partial charge >= 0.3 is 0 Å². The highest BCUT2D eigenvalue weighted by molar-refractivity contribution is 5.96. The monoisotopic (exact) mass is 472 g/mol. The Morgan fingerprint density at radius 2 is 1.79 bits per heavy atom. The van der Waals surface area contributed by atoms with E-state index in [-0.39, 0.29) is 11.8 Å². The second-order valence-electron chi connectivity index (χ2n) is 10.4. The Bertz CT molecular complexity index is 803. The summed E-state index contributed by atoms with van der Waals surface area (Å²) in [6.45, 7) is 15.1. The van der Waals surface area contributed by atoms with Gasteiger partial charge in [-0.15, -0.1) is 0 Å². The van der Waals surface area contributed by atoms with Crippen molar-refractivity contribution in [2.45, 2.75) is 66.0 Å². The standard InChI is InChI=1S/C27H44N4O3/c1-21(2)11-13-29-19-24-23(27(33)31-16-14-30(15-17-31)22(3)4)9-8-10-25(24)34-18-7-5-6-12-28-26(32)20-29/h8-10,21-22H,5-7,11-20H2,1-4H3,(H,28,32). The molecule has 0 radical (unpaired) electrons. The third-order valence-electron chi connectivity index (χ3n) is 6.87. The minimum absolute atomic E-state index is 0.0547. The van der Waals surface area contributed by atoms with Gasteiger partial charge < -0.3 is 15.0 Å². The Hall–Kier alpha value is -2.12. The van der Waals surface area contributed by atoms with Gasteiger partial charge in [0.1, 0.15) is 5.75 Å². The van der Waals surface area contributed by atoms with Crippen molar-refractivity contribution in [2.75, 3.05) is 52.4 Å². The number of benzene rings is 1. The first kappa shape index (κ1) is 26.5. The Kier molecular flexibility index (Phi) is 10.2. The summed E-state index contributed by atoms with van der Waals surface area (Å²) in [5.41, 5.74) is 1.62. The highest BCUT2D eigenvalue weighted by Gasteiger charge is 2.27. The maximum Gasteiger partial charge on any atom is 0.254 e. The van der Waals surface area contributed by atoms with Crippen molar-refractivity contribution in [3.8, 4) is 5.75 Å². The van der Waals surface area contributed by atoms with Crippen LogP contribution in [-0.4, -0.2) is 85.0 Å². The van der Waals surface area contributed by atoms with Gasteiger partial charge in [0.05, 0.1) is 13.2 Å². The molecule has 1 fully saturated rings. The number of nitrogens with one attached hydrogen (secondary N) is 1. The van der Waals surface area contributed by atoms with Crippen LogP contribution in [0.1, 0.15) is 69.3 Å². The van der Waals surface area contributed by atoms with Crippen LogP contribution in [0.5, 0.6) is 5.75 Å². The number of hydrogen-bond donors (Lipinski definition) is 1. The van der Waals surface area contributed by atoms with Crippen LogP contribution >= 0.6 is 0 Å². The Morgan fingerprint density at radius 1 is 1.03 bits per heavy atom. The molecular weight excluding hydrogens is 428 g/mol. The summed E-state index contributed by atoms with van der Waals surface area (Å²) in [4.78, 5) is 32.9. The summed E-state index contributed by atoms with van der Waals surface area (Å²) in [5, 5.41) is 3.06. The third kappa shape index (κ3) is 7.70. The molecule has 3 rings (SSSR count). The first-order chi connectivity index (χ1) is 16.3. The Labute approximate surface area is 205 Å². The van der Waals surface area contributed by atoms with Crippen molar-refractivity contribution < 1.29 is 14.3 Å². The van der Waals surface area contributed by atoms with E-state index in [2.05, 4.69) is 42.8 Å². The molecule has 0 atom stereocenters. The highest BCUT2D eigenvalue weighted by atomic mass is 16.5. The van der Waals surface area contributed by atoms with Crippen LogP contribution in [0.2, 0.25) is 0 Å². The van der Waals surface area contributed by atoms with Gasteiger partial charge in [0.2, 0.25) is 5.91 Å². The minimum Gasteiger partial charge on any atom is -0.493 e. The number of piperazine rings is 1. The van der Waals surface area contributed by atoms with Crippen molar-refractivity contribution in [3.05, 3.63) is 29.3 Å². The molecule has 0 aliphatic carbocycles. The molecule has 2 aliphatic heterocycles. The Balaban J connectivity index is 1.86. The van der Waals surface area contributed by atoms with Crippen LogP contribution in [-0.2, 0) is 11.3 Å². The molecule has 190 valence electrons. The maximum atomic E-state index is 13.7. The number of rotatable bonds is 5. The number of carbonyl (C=O) groups is 2. The molecule has 0 spiro atoms. The molecule has 0 bridgehead atoms. The van der Waals surface area contributed by atoms with Gasteiger partial charge in [0.25, 0.3) is 5.91 Å². The maximum absolute atomic E-state index is 13.7. The molecular formula is C27H44N4O3. The second-order valence-corrected chi connectivity index (χ2v) is 10.4. The number of carbonyl (C=O) groups excluding carboxylic acids is 2. The lowest BCUT2D eigenvalue weighted by atomic mass is 10.0. The lowest BCUT2D eigenvalue weighted by Gasteiger charge is -2.37. The normalized spacial score (nSPS) is 19.6. The zero-order valence-corrected chi connectivity index (χ0v) is 21.6. The van der Waals surface area contributed by atoms with Crippen molar-refractivity contribution in [1.82, 2.24) is 20.0 Å². The van der Waals surface area contributed by atoms with Gasteiger partial charge in [-0.1, -0.05) is 19.9 Å². The average molecular weight is 473 g/mol. The van der Waals surface area contributed by atoms with E-state index in [0.717, 1.165) is 69.7 Å². The van der Waals surface area contributed by atoms with Crippen LogP contribution in [0.15, 0.2) is 18.2 Å². The summed E-state index contributed by atoms with van der Waals surface area (Å²) in [6.07, 6.45) is 3.89. The van der Waals surface area contributed by atoms with Gasteiger partial charge in [-0.3, -0.25) is 19.4 Å².